The number of benzene rings is 2. The molecule has 0 aliphatic rings. The molecular formula is C17H15BrFNO4. The Morgan fingerprint density at radius 1 is 1.12 bits per heavy atom. The first-order valence-electron chi connectivity index (χ1n) is 7.11. The average molecular weight is 396 g/mol. The van der Waals surface area contributed by atoms with Gasteiger partial charge in [-0.15, -0.1) is 0 Å². The molecule has 0 saturated heterocycles. The fraction of sp³-hybridized carbons (Fsp3) is 0.176. The van der Waals surface area contributed by atoms with Gasteiger partial charge in [0.05, 0.1) is 17.7 Å². The number of aliphatic carboxylic acids is 1. The van der Waals surface area contributed by atoms with Crippen molar-refractivity contribution < 1.29 is 24.2 Å². The molecule has 0 atom stereocenters. The molecular weight excluding hydrogens is 381 g/mol. The molecule has 0 unspecified atom stereocenters. The quantitative estimate of drug-likeness (QED) is 0.745. The molecule has 0 aromatic heterocycles. The predicted octanol–water partition coefficient (Wildman–Crippen LogP) is 3.77. The minimum Gasteiger partial charge on any atom is -0.481 e. The maximum atomic E-state index is 14.3. The van der Waals surface area contributed by atoms with Crippen LogP contribution in [-0.2, 0) is 11.3 Å². The van der Waals surface area contributed by atoms with Crippen molar-refractivity contribution in [1.82, 2.24) is 0 Å². The number of halogens is 2. The van der Waals surface area contributed by atoms with E-state index in [1.54, 1.807) is 24.3 Å². The van der Waals surface area contributed by atoms with Gasteiger partial charge in [0.2, 0.25) is 0 Å². The largest absolute Gasteiger partial charge is 0.481 e. The van der Waals surface area contributed by atoms with Crippen LogP contribution in [0.5, 0.6) is 0 Å². The fourth-order valence-electron chi connectivity index (χ4n) is 2.33. The van der Waals surface area contributed by atoms with Crippen molar-refractivity contribution in [3.05, 3.63) is 63.9 Å². The lowest BCUT2D eigenvalue weighted by Crippen LogP contribution is -2.27. The summed E-state index contributed by atoms with van der Waals surface area (Å²) in [6.07, 6.45) is -0.190. The van der Waals surface area contributed by atoms with Crippen molar-refractivity contribution in [2.75, 3.05) is 11.4 Å². The molecule has 0 saturated carbocycles. The van der Waals surface area contributed by atoms with Crippen LogP contribution >= 0.6 is 15.9 Å². The number of nitrogens with zero attached hydrogens (tertiary/aromatic N) is 1. The van der Waals surface area contributed by atoms with Gasteiger partial charge in [-0.25, -0.2) is 9.18 Å². The highest BCUT2D eigenvalue weighted by Crippen LogP contribution is 2.25. The summed E-state index contributed by atoms with van der Waals surface area (Å²) in [6, 6.07) is 10.9. The summed E-state index contributed by atoms with van der Waals surface area (Å²) in [5.74, 6) is -2.60. The second kappa shape index (κ2) is 7.92. The fourth-order valence-corrected chi connectivity index (χ4v) is 2.66. The standard InChI is InChI=1S/C17H15BrFNO4/c18-12-5-6-15(14(19)9-12)20(8-7-16(21)22)10-11-3-1-2-4-13(11)17(23)24/h1-6,9H,7-8,10H2,(H,21,22)(H,23,24). The van der Waals surface area contributed by atoms with Crippen LogP contribution in [0.3, 0.4) is 0 Å². The number of carbonyl (C=O) groups is 2. The Morgan fingerprint density at radius 3 is 2.46 bits per heavy atom. The molecule has 7 heteroatoms. The summed E-state index contributed by atoms with van der Waals surface area (Å²) in [7, 11) is 0. The van der Waals surface area contributed by atoms with E-state index in [-0.39, 0.29) is 30.8 Å². The summed E-state index contributed by atoms with van der Waals surface area (Å²) >= 11 is 3.17. The van der Waals surface area contributed by atoms with Gasteiger partial charge in [-0.05, 0) is 29.8 Å². The molecule has 24 heavy (non-hydrogen) atoms. The van der Waals surface area contributed by atoms with Crippen LogP contribution in [0.25, 0.3) is 0 Å². The van der Waals surface area contributed by atoms with E-state index in [0.29, 0.717) is 10.0 Å². The SMILES string of the molecule is O=C(O)CCN(Cc1ccccc1C(=O)O)c1ccc(Br)cc1F. The van der Waals surface area contributed by atoms with Gasteiger partial charge >= 0.3 is 11.9 Å². The van der Waals surface area contributed by atoms with Gasteiger partial charge in [-0.2, -0.15) is 0 Å². The molecule has 0 radical (unpaired) electrons. The molecule has 0 bridgehead atoms. The highest BCUT2D eigenvalue weighted by atomic mass is 79.9. The maximum absolute atomic E-state index is 14.3. The van der Waals surface area contributed by atoms with Crippen molar-refractivity contribution >= 4 is 33.6 Å². The topological polar surface area (TPSA) is 77.8 Å². The molecule has 0 spiro atoms. The summed E-state index contributed by atoms with van der Waals surface area (Å²) in [5.41, 5.74) is 0.813. The Balaban J connectivity index is 2.36. The van der Waals surface area contributed by atoms with Crippen molar-refractivity contribution in [1.29, 1.82) is 0 Å². The molecule has 2 aromatic rings. The number of rotatable bonds is 7. The monoisotopic (exact) mass is 395 g/mol. The first-order chi connectivity index (χ1) is 11.4. The van der Waals surface area contributed by atoms with E-state index in [1.807, 2.05) is 0 Å². The molecule has 0 fully saturated rings. The second-order valence-electron chi connectivity index (χ2n) is 5.12. The van der Waals surface area contributed by atoms with Gasteiger partial charge in [0, 0.05) is 17.6 Å². The number of hydrogen-bond acceptors (Lipinski definition) is 3. The van der Waals surface area contributed by atoms with E-state index in [0.717, 1.165) is 0 Å². The van der Waals surface area contributed by atoms with Crippen molar-refractivity contribution in [3.63, 3.8) is 0 Å². The van der Waals surface area contributed by atoms with Gasteiger partial charge in [0.1, 0.15) is 5.82 Å². The number of carboxylic acids is 2. The molecule has 5 nitrogen and oxygen atoms in total. The molecule has 2 rings (SSSR count). The Kier molecular flexibility index (Phi) is 5.92. The van der Waals surface area contributed by atoms with E-state index in [4.69, 9.17) is 5.11 Å². The van der Waals surface area contributed by atoms with Gasteiger partial charge in [0.15, 0.2) is 0 Å². The van der Waals surface area contributed by atoms with Crippen LogP contribution in [0.2, 0.25) is 0 Å². The third kappa shape index (κ3) is 4.55. The first kappa shape index (κ1) is 17.9. The number of anilines is 1. The van der Waals surface area contributed by atoms with Gasteiger partial charge < -0.3 is 15.1 Å². The van der Waals surface area contributed by atoms with Crippen LogP contribution in [0.15, 0.2) is 46.9 Å². The van der Waals surface area contributed by atoms with Crippen molar-refractivity contribution in [3.8, 4) is 0 Å². The third-order valence-electron chi connectivity index (χ3n) is 3.45. The lowest BCUT2D eigenvalue weighted by Gasteiger charge is -2.25. The lowest BCUT2D eigenvalue weighted by molar-refractivity contribution is -0.136. The Morgan fingerprint density at radius 2 is 1.83 bits per heavy atom. The molecule has 2 aromatic carbocycles. The Hall–Kier alpha value is -2.41. The van der Waals surface area contributed by atoms with Crippen molar-refractivity contribution in [2.45, 2.75) is 13.0 Å². The number of aromatic carboxylic acids is 1. The molecule has 0 aliphatic heterocycles. The van der Waals surface area contributed by atoms with E-state index in [9.17, 15) is 19.1 Å². The Labute approximate surface area is 146 Å². The minimum absolute atomic E-state index is 0.0574. The zero-order valence-electron chi connectivity index (χ0n) is 12.6. The minimum atomic E-state index is -1.08. The zero-order chi connectivity index (χ0) is 17.7. The summed E-state index contributed by atoms with van der Waals surface area (Å²) in [5, 5.41) is 18.2. The van der Waals surface area contributed by atoms with E-state index in [1.165, 1.54) is 23.1 Å². The summed E-state index contributed by atoms with van der Waals surface area (Å²) in [4.78, 5) is 23.7. The molecule has 2 N–H and O–H groups in total. The van der Waals surface area contributed by atoms with E-state index < -0.39 is 17.8 Å². The maximum Gasteiger partial charge on any atom is 0.336 e. The van der Waals surface area contributed by atoms with Crippen molar-refractivity contribution in [2.24, 2.45) is 0 Å². The highest BCUT2D eigenvalue weighted by molar-refractivity contribution is 9.10. The summed E-state index contributed by atoms with van der Waals surface area (Å²) in [6.45, 7) is 0.149. The lowest BCUT2D eigenvalue weighted by atomic mass is 10.1. The second-order valence-corrected chi connectivity index (χ2v) is 6.04. The third-order valence-corrected chi connectivity index (χ3v) is 3.95. The zero-order valence-corrected chi connectivity index (χ0v) is 14.2. The van der Waals surface area contributed by atoms with Gasteiger partial charge in [-0.3, -0.25) is 4.79 Å². The van der Waals surface area contributed by atoms with Gasteiger partial charge in [0.25, 0.3) is 0 Å². The van der Waals surface area contributed by atoms with E-state index >= 15 is 0 Å². The first-order valence-corrected chi connectivity index (χ1v) is 7.90. The van der Waals surface area contributed by atoms with Crippen LogP contribution < -0.4 is 4.90 Å². The van der Waals surface area contributed by atoms with Crippen LogP contribution in [0.4, 0.5) is 10.1 Å². The molecule has 126 valence electrons. The molecule has 0 amide bonds. The molecule has 0 heterocycles. The van der Waals surface area contributed by atoms with Crippen LogP contribution in [0, 0.1) is 5.82 Å². The average Bonchev–Trinajstić information content (AvgIpc) is 2.52. The summed E-state index contributed by atoms with van der Waals surface area (Å²) < 4.78 is 14.8. The van der Waals surface area contributed by atoms with Gasteiger partial charge in [-0.1, -0.05) is 34.1 Å². The van der Waals surface area contributed by atoms with Crippen LogP contribution in [-0.4, -0.2) is 28.7 Å². The number of carboxylic acid groups (broad SMARTS) is 2. The van der Waals surface area contributed by atoms with E-state index in [2.05, 4.69) is 15.9 Å². The highest BCUT2D eigenvalue weighted by Gasteiger charge is 2.17. The Bertz CT molecular complexity index is 766. The smallest absolute Gasteiger partial charge is 0.336 e. The van der Waals surface area contributed by atoms with Crippen LogP contribution in [0.1, 0.15) is 22.3 Å². The predicted molar refractivity (Wildman–Crippen MR) is 90.8 cm³/mol. The molecule has 0 aliphatic carbocycles. The number of hydrogen-bond donors (Lipinski definition) is 2. The normalized spacial score (nSPS) is 10.4.